The van der Waals surface area contributed by atoms with Crippen LogP contribution in [-0.2, 0) is 14.3 Å². The summed E-state index contributed by atoms with van der Waals surface area (Å²) in [5, 5.41) is 10.1. The van der Waals surface area contributed by atoms with Gasteiger partial charge in [-0.1, -0.05) is 0 Å². The summed E-state index contributed by atoms with van der Waals surface area (Å²) in [6, 6.07) is -1.50. The first kappa shape index (κ1) is 15.7. The maximum absolute atomic E-state index is 11.9. The number of aliphatic hydroxyl groups is 1. The van der Waals surface area contributed by atoms with Crippen molar-refractivity contribution < 1.29 is 32.6 Å². The molecule has 5 nitrogen and oxygen atoms in total. The van der Waals surface area contributed by atoms with Crippen molar-refractivity contribution in [2.75, 3.05) is 6.61 Å². The highest BCUT2D eigenvalue weighted by Gasteiger charge is 2.41. The van der Waals surface area contributed by atoms with Crippen LogP contribution >= 0.6 is 0 Å². The average molecular weight is 257 g/mol. The summed E-state index contributed by atoms with van der Waals surface area (Å²) >= 11 is 0. The van der Waals surface area contributed by atoms with Crippen molar-refractivity contribution >= 4 is 11.9 Å². The lowest BCUT2D eigenvalue weighted by atomic mass is 10.2. The third-order valence-corrected chi connectivity index (χ3v) is 1.62. The van der Waals surface area contributed by atoms with Gasteiger partial charge in [-0.2, -0.15) is 13.2 Å². The van der Waals surface area contributed by atoms with Crippen molar-refractivity contribution in [2.24, 2.45) is 0 Å². The van der Waals surface area contributed by atoms with Crippen molar-refractivity contribution in [3.63, 3.8) is 0 Å². The van der Waals surface area contributed by atoms with Crippen LogP contribution in [0.15, 0.2) is 0 Å². The van der Waals surface area contributed by atoms with Gasteiger partial charge in [0.05, 0.1) is 6.10 Å². The number of aliphatic hydroxyl groups excluding tert-OH is 1. The monoisotopic (exact) mass is 257 g/mol. The Bertz CT molecular complexity index is 278. The first-order valence-electron chi connectivity index (χ1n) is 4.87. The van der Waals surface area contributed by atoms with Crippen molar-refractivity contribution in [3.05, 3.63) is 0 Å². The van der Waals surface area contributed by atoms with E-state index in [2.05, 4.69) is 4.74 Å². The highest BCUT2D eigenvalue weighted by Crippen LogP contribution is 2.15. The summed E-state index contributed by atoms with van der Waals surface area (Å²) in [6.45, 7) is 2.48. The van der Waals surface area contributed by atoms with Crippen LogP contribution < -0.4 is 5.32 Å². The van der Waals surface area contributed by atoms with Crippen LogP contribution in [0, 0.1) is 0 Å². The molecule has 0 aromatic rings. The van der Waals surface area contributed by atoms with Gasteiger partial charge >= 0.3 is 18.1 Å². The lowest BCUT2D eigenvalue weighted by Gasteiger charge is -2.18. The van der Waals surface area contributed by atoms with Gasteiger partial charge in [-0.25, -0.2) is 4.79 Å². The molecule has 0 saturated carbocycles. The van der Waals surface area contributed by atoms with Crippen molar-refractivity contribution in [2.45, 2.75) is 38.6 Å². The van der Waals surface area contributed by atoms with Gasteiger partial charge in [-0.05, 0) is 13.8 Å². The number of halogens is 3. The summed E-state index contributed by atoms with van der Waals surface area (Å²) < 4.78 is 40.5. The molecule has 0 fully saturated rings. The number of carbonyl (C=O) groups excluding carboxylic acids is 2. The first-order valence-corrected chi connectivity index (χ1v) is 4.87. The number of carbonyl (C=O) groups is 2. The van der Waals surface area contributed by atoms with Gasteiger partial charge in [0.15, 0.2) is 0 Å². The molecule has 0 saturated heterocycles. The Balaban J connectivity index is 4.53. The number of hydrogen-bond donors (Lipinski definition) is 2. The van der Waals surface area contributed by atoms with E-state index in [0.29, 0.717) is 0 Å². The van der Waals surface area contributed by atoms with Gasteiger partial charge in [0, 0.05) is 13.0 Å². The second-order valence-electron chi connectivity index (χ2n) is 3.52. The predicted molar refractivity (Wildman–Crippen MR) is 50.9 cm³/mol. The Labute approximate surface area is 95.9 Å². The Morgan fingerprint density at radius 3 is 2.24 bits per heavy atom. The van der Waals surface area contributed by atoms with E-state index in [1.54, 1.807) is 0 Å². The summed E-state index contributed by atoms with van der Waals surface area (Å²) in [5.74, 6) is -3.25. The molecule has 2 N–H and O–H groups in total. The van der Waals surface area contributed by atoms with Crippen LogP contribution in [0.5, 0.6) is 0 Å². The van der Waals surface area contributed by atoms with E-state index in [0.717, 1.165) is 0 Å². The minimum absolute atomic E-state index is 0.340. The predicted octanol–water partition coefficient (Wildman–Crippen LogP) is 0.367. The number of rotatable bonds is 5. The molecule has 0 aliphatic heterocycles. The van der Waals surface area contributed by atoms with Gasteiger partial charge < -0.3 is 15.2 Å². The van der Waals surface area contributed by atoms with Gasteiger partial charge in [0.2, 0.25) is 0 Å². The summed E-state index contributed by atoms with van der Waals surface area (Å²) in [4.78, 5) is 21.9. The number of hydrogen-bond acceptors (Lipinski definition) is 4. The van der Waals surface area contributed by atoms with Crippen molar-refractivity contribution in [1.29, 1.82) is 0 Å². The number of esters is 1. The molecule has 8 heteroatoms. The molecule has 0 rings (SSSR count). The van der Waals surface area contributed by atoms with E-state index in [1.807, 2.05) is 0 Å². The minimum Gasteiger partial charge on any atom is -0.461 e. The topological polar surface area (TPSA) is 75.6 Å². The molecular formula is C9H14F3NO4. The SMILES string of the molecule is CC(C)OC(=O)[C@H](CCO)NC(=O)C(F)(F)F. The average Bonchev–Trinajstić information content (AvgIpc) is 2.14. The highest BCUT2D eigenvalue weighted by atomic mass is 19.4. The zero-order valence-corrected chi connectivity index (χ0v) is 9.37. The standard InChI is InChI=1S/C9H14F3NO4/c1-5(2)17-7(15)6(3-4-14)13-8(16)9(10,11)12/h5-6,14H,3-4H2,1-2H3,(H,13,16)/t6-/m0/s1. The zero-order chi connectivity index (χ0) is 13.6. The normalized spacial score (nSPS) is 13.4. The molecule has 0 unspecified atom stereocenters. The quantitative estimate of drug-likeness (QED) is 0.698. The number of amides is 1. The van der Waals surface area contributed by atoms with Gasteiger partial charge in [-0.15, -0.1) is 0 Å². The van der Waals surface area contributed by atoms with Crippen LogP contribution in [0.3, 0.4) is 0 Å². The molecule has 1 amide bonds. The number of nitrogens with one attached hydrogen (secondary N) is 1. The molecule has 0 aromatic heterocycles. The van der Waals surface area contributed by atoms with Crippen LogP contribution in [0.4, 0.5) is 13.2 Å². The Hall–Kier alpha value is -1.31. The van der Waals surface area contributed by atoms with E-state index in [-0.39, 0.29) is 6.42 Å². The molecule has 0 bridgehead atoms. The second kappa shape index (κ2) is 6.43. The van der Waals surface area contributed by atoms with Crippen LogP contribution in [0.25, 0.3) is 0 Å². The smallest absolute Gasteiger partial charge is 0.461 e. The van der Waals surface area contributed by atoms with E-state index < -0.39 is 36.8 Å². The van der Waals surface area contributed by atoms with Crippen molar-refractivity contribution in [1.82, 2.24) is 5.32 Å². The molecule has 0 aliphatic carbocycles. The lowest BCUT2D eigenvalue weighted by molar-refractivity contribution is -0.176. The van der Waals surface area contributed by atoms with E-state index in [1.165, 1.54) is 19.2 Å². The zero-order valence-electron chi connectivity index (χ0n) is 9.37. The molecule has 1 atom stereocenters. The van der Waals surface area contributed by atoms with Crippen LogP contribution in [0.2, 0.25) is 0 Å². The molecular weight excluding hydrogens is 243 g/mol. The third-order valence-electron chi connectivity index (χ3n) is 1.62. The molecule has 0 aliphatic rings. The second-order valence-corrected chi connectivity index (χ2v) is 3.52. The maximum atomic E-state index is 11.9. The minimum atomic E-state index is -5.08. The summed E-state index contributed by atoms with van der Waals surface area (Å²) in [6.07, 6.45) is -5.94. The Morgan fingerprint density at radius 1 is 1.35 bits per heavy atom. The van der Waals surface area contributed by atoms with E-state index in [4.69, 9.17) is 5.11 Å². The van der Waals surface area contributed by atoms with Gasteiger partial charge in [-0.3, -0.25) is 4.79 Å². The first-order chi connectivity index (χ1) is 7.68. The summed E-state index contributed by atoms with van der Waals surface area (Å²) in [7, 11) is 0. The lowest BCUT2D eigenvalue weighted by Crippen LogP contribution is -2.48. The fraction of sp³-hybridized carbons (Fsp3) is 0.778. The van der Waals surface area contributed by atoms with Crippen LogP contribution in [-0.4, -0.2) is 41.9 Å². The Kier molecular flexibility index (Phi) is 5.94. The molecule has 100 valence electrons. The van der Waals surface area contributed by atoms with Crippen molar-refractivity contribution in [3.8, 4) is 0 Å². The van der Waals surface area contributed by atoms with Gasteiger partial charge in [0.1, 0.15) is 6.04 Å². The van der Waals surface area contributed by atoms with Crippen LogP contribution in [0.1, 0.15) is 20.3 Å². The number of ether oxygens (including phenoxy) is 1. The Morgan fingerprint density at radius 2 is 1.88 bits per heavy atom. The molecule has 0 spiro atoms. The molecule has 0 heterocycles. The summed E-state index contributed by atoms with van der Waals surface area (Å²) in [5.41, 5.74) is 0. The third kappa shape index (κ3) is 6.10. The molecule has 0 aromatic carbocycles. The fourth-order valence-corrected chi connectivity index (χ4v) is 0.933. The molecule has 17 heavy (non-hydrogen) atoms. The van der Waals surface area contributed by atoms with Gasteiger partial charge in [0.25, 0.3) is 0 Å². The molecule has 0 radical (unpaired) electrons. The largest absolute Gasteiger partial charge is 0.471 e. The van der Waals surface area contributed by atoms with E-state index in [9.17, 15) is 22.8 Å². The number of alkyl halides is 3. The van der Waals surface area contributed by atoms with E-state index >= 15 is 0 Å². The highest BCUT2D eigenvalue weighted by molar-refractivity contribution is 5.87. The fourth-order valence-electron chi connectivity index (χ4n) is 0.933. The maximum Gasteiger partial charge on any atom is 0.471 e.